The van der Waals surface area contributed by atoms with Crippen molar-refractivity contribution >= 4 is 0 Å². The molecule has 1 aromatic carbocycles. The molecule has 0 amide bonds. The number of hydrogen-bond donors (Lipinski definition) is 1. The molecule has 0 spiro atoms. The summed E-state index contributed by atoms with van der Waals surface area (Å²) in [5.41, 5.74) is 0.358. The lowest BCUT2D eigenvalue weighted by Crippen LogP contribution is -2.15. The number of hydrogen-bond acceptors (Lipinski definition) is 1. The van der Waals surface area contributed by atoms with Crippen LogP contribution in [-0.2, 0) is 0 Å². The van der Waals surface area contributed by atoms with E-state index in [9.17, 15) is 13.9 Å². The fourth-order valence-electron chi connectivity index (χ4n) is 2.64. The minimum atomic E-state index is -0.747. The maximum atomic E-state index is 13.0. The van der Waals surface area contributed by atoms with Crippen molar-refractivity contribution in [3.63, 3.8) is 0 Å². The molecule has 1 fully saturated rings. The lowest BCUT2D eigenvalue weighted by Gasteiger charge is -2.22. The Morgan fingerprint density at radius 1 is 1.19 bits per heavy atom. The molecule has 88 valence electrons. The van der Waals surface area contributed by atoms with Crippen LogP contribution in [0.4, 0.5) is 8.78 Å². The molecular weight excluding hydrogens is 210 g/mol. The Labute approximate surface area is 94.1 Å². The van der Waals surface area contributed by atoms with E-state index in [0.717, 1.165) is 25.3 Å². The van der Waals surface area contributed by atoms with Crippen LogP contribution >= 0.6 is 0 Å². The quantitative estimate of drug-likeness (QED) is 0.819. The van der Waals surface area contributed by atoms with Gasteiger partial charge >= 0.3 is 0 Å². The second kappa shape index (κ2) is 4.50. The first-order valence-corrected chi connectivity index (χ1v) is 5.72. The van der Waals surface area contributed by atoms with Gasteiger partial charge in [0.15, 0.2) is 0 Å². The molecule has 1 N–H and O–H groups in total. The van der Waals surface area contributed by atoms with Crippen molar-refractivity contribution < 1.29 is 13.9 Å². The zero-order chi connectivity index (χ0) is 11.7. The average Bonchev–Trinajstić information content (AvgIpc) is 2.62. The third kappa shape index (κ3) is 2.24. The van der Waals surface area contributed by atoms with Gasteiger partial charge < -0.3 is 5.11 Å². The van der Waals surface area contributed by atoms with Crippen LogP contribution in [0.2, 0.25) is 0 Å². The highest BCUT2D eigenvalue weighted by molar-refractivity contribution is 5.21. The normalized spacial score (nSPS) is 27.0. The molecule has 1 nitrogen and oxygen atoms in total. The van der Waals surface area contributed by atoms with E-state index in [0.29, 0.717) is 11.5 Å². The van der Waals surface area contributed by atoms with Crippen molar-refractivity contribution in [1.82, 2.24) is 0 Å². The first-order chi connectivity index (χ1) is 7.58. The largest absolute Gasteiger partial charge is 0.388 e. The summed E-state index contributed by atoms with van der Waals surface area (Å²) in [4.78, 5) is 0. The van der Waals surface area contributed by atoms with E-state index in [4.69, 9.17) is 0 Å². The molecule has 1 aliphatic rings. The highest BCUT2D eigenvalue weighted by atomic mass is 19.1. The fraction of sp³-hybridized carbons (Fsp3) is 0.538. The summed E-state index contributed by atoms with van der Waals surface area (Å²) in [6, 6.07) is 3.27. The van der Waals surface area contributed by atoms with E-state index in [1.807, 2.05) is 0 Å². The van der Waals surface area contributed by atoms with Crippen LogP contribution in [0.25, 0.3) is 0 Å². The van der Waals surface area contributed by atoms with Crippen molar-refractivity contribution in [3.05, 3.63) is 35.4 Å². The summed E-state index contributed by atoms with van der Waals surface area (Å²) in [5.74, 6) is -0.707. The predicted molar refractivity (Wildman–Crippen MR) is 57.8 cm³/mol. The second-order valence-corrected chi connectivity index (χ2v) is 4.72. The van der Waals surface area contributed by atoms with Gasteiger partial charge in [-0.1, -0.05) is 19.8 Å². The van der Waals surface area contributed by atoms with Crippen LogP contribution in [0.5, 0.6) is 0 Å². The number of aliphatic hydroxyl groups excluding tert-OH is 1. The van der Waals surface area contributed by atoms with Gasteiger partial charge in [0, 0.05) is 6.07 Å². The second-order valence-electron chi connectivity index (χ2n) is 4.72. The summed E-state index contributed by atoms with van der Waals surface area (Å²) >= 11 is 0. The Morgan fingerprint density at radius 3 is 2.31 bits per heavy atom. The Kier molecular flexibility index (Phi) is 3.24. The molecule has 0 saturated heterocycles. The Balaban J connectivity index is 2.22. The van der Waals surface area contributed by atoms with Crippen molar-refractivity contribution in [2.24, 2.45) is 11.8 Å². The summed E-state index contributed by atoms with van der Waals surface area (Å²) in [5, 5.41) is 10.1. The fourth-order valence-corrected chi connectivity index (χ4v) is 2.64. The molecule has 1 saturated carbocycles. The van der Waals surface area contributed by atoms with E-state index >= 15 is 0 Å². The van der Waals surface area contributed by atoms with E-state index in [-0.39, 0.29) is 5.92 Å². The summed E-state index contributed by atoms with van der Waals surface area (Å²) < 4.78 is 26.0. The van der Waals surface area contributed by atoms with Crippen molar-refractivity contribution in [1.29, 1.82) is 0 Å². The number of aliphatic hydroxyl groups is 1. The van der Waals surface area contributed by atoms with Crippen molar-refractivity contribution in [3.8, 4) is 0 Å². The SMILES string of the molecule is CC1CCCC1C(O)c1cc(F)cc(F)c1. The van der Waals surface area contributed by atoms with Crippen molar-refractivity contribution in [2.75, 3.05) is 0 Å². The number of rotatable bonds is 2. The zero-order valence-corrected chi connectivity index (χ0v) is 9.29. The molecule has 1 aromatic rings. The average molecular weight is 226 g/mol. The molecule has 16 heavy (non-hydrogen) atoms. The summed E-state index contributed by atoms with van der Waals surface area (Å²) in [6.45, 7) is 2.08. The molecule has 0 aliphatic heterocycles. The van der Waals surface area contributed by atoms with Gasteiger partial charge in [0.2, 0.25) is 0 Å². The minimum absolute atomic E-state index is 0.126. The Bertz CT molecular complexity index is 358. The van der Waals surface area contributed by atoms with Gasteiger partial charge in [-0.2, -0.15) is 0 Å². The maximum absolute atomic E-state index is 13.0. The van der Waals surface area contributed by atoms with Crippen LogP contribution in [0.1, 0.15) is 37.9 Å². The highest BCUT2D eigenvalue weighted by Gasteiger charge is 2.30. The van der Waals surface area contributed by atoms with Gasteiger partial charge in [-0.25, -0.2) is 8.78 Å². The summed E-state index contributed by atoms with van der Waals surface area (Å²) in [6.07, 6.45) is 2.35. The lowest BCUT2D eigenvalue weighted by molar-refractivity contribution is 0.0894. The van der Waals surface area contributed by atoms with Crippen LogP contribution in [0.15, 0.2) is 18.2 Å². The van der Waals surface area contributed by atoms with Gasteiger partial charge in [-0.3, -0.25) is 0 Å². The molecular formula is C13H16F2O. The standard InChI is InChI=1S/C13H16F2O/c1-8-3-2-4-12(8)13(16)9-5-10(14)7-11(15)6-9/h5-8,12-13,16H,2-4H2,1H3. The topological polar surface area (TPSA) is 20.2 Å². The van der Waals surface area contributed by atoms with E-state index in [2.05, 4.69) is 6.92 Å². The van der Waals surface area contributed by atoms with E-state index < -0.39 is 17.7 Å². The van der Waals surface area contributed by atoms with Crippen molar-refractivity contribution in [2.45, 2.75) is 32.3 Å². The predicted octanol–water partition coefficient (Wildman–Crippen LogP) is 3.43. The third-order valence-electron chi connectivity index (χ3n) is 3.56. The molecule has 3 heteroatoms. The van der Waals surface area contributed by atoms with Gasteiger partial charge in [-0.15, -0.1) is 0 Å². The highest BCUT2D eigenvalue weighted by Crippen LogP contribution is 2.40. The number of benzene rings is 1. The third-order valence-corrected chi connectivity index (χ3v) is 3.56. The van der Waals surface area contributed by atoms with Crippen LogP contribution in [0.3, 0.4) is 0 Å². The zero-order valence-electron chi connectivity index (χ0n) is 9.29. The Morgan fingerprint density at radius 2 is 1.81 bits per heavy atom. The molecule has 0 bridgehead atoms. The molecule has 1 aliphatic carbocycles. The van der Waals surface area contributed by atoms with Gasteiger partial charge in [-0.05, 0) is 36.0 Å². The molecule has 3 atom stereocenters. The molecule has 2 rings (SSSR count). The minimum Gasteiger partial charge on any atom is -0.388 e. The van der Waals surface area contributed by atoms with Crippen LogP contribution in [-0.4, -0.2) is 5.11 Å². The maximum Gasteiger partial charge on any atom is 0.126 e. The van der Waals surface area contributed by atoms with Gasteiger partial charge in [0.1, 0.15) is 11.6 Å². The van der Waals surface area contributed by atoms with E-state index in [1.165, 1.54) is 12.1 Å². The monoisotopic (exact) mass is 226 g/mol. The van der Waals surface area contributed by atoms with E-state index in [1.54, 1.807) is 0 Å². The smallest absolute Gasteiger partial charge is 0.126 e. The van der Waals surface area contributed by atoms with Gasteiger partial charge in [0.25, 0.3) is 0 Å². The van der Waals surface area contributed by atoms with Crippen LogP contribution in [0, 0.1) is 23.5 Å². The van der Waals surface area contributed by atoms with Crippen LogP contribution < -0.4 is 0 Å². The molecule has 0 aromatic heterocycles. The first kappa shape index (κ1) is 11.5. The first-order valence-electron chi connectivity index (χ1n) is 5.72. The molecule has 0 radical (unpaired) electrons. The lowest BCUT2D eigenvalue weighted by atomic mass is 9.88. The molecule has 3 unspecified atom stereocenters. The molecule has 0 heterocycles. The van der Waals surface area contributed by atoms with Gasteiger partial charge in [0.05, 0.1) is 6.10 Å². The Hall–Kier alpha value is -0.960. The summed E-state index contributed by atoms with van der Waals surface area (Å²) in [7, 11) is 0. The number of halogens is 2.